The van der Waals surface area contributed by atoms with Gasteiger partial charge in [0.1, 0.15) is 5.82 Å². The molecule has 2 rings (SSSR count). The molecule has 0 amide bonds. The number of halogens is 1. The Labute approximate surface area is 89.7 Å². The monoisotopic (exact) mass is 285 g/mol. The fourth-order valence-electron chi connectivity index (χ4n) is 1.11. The van der Waals surface area contributed by atoms with E-state index in [0.29, 0.717) is 5.82 Å². The number of hydrogen-bond donors (Lipinski definition) is 1. The molecule has 2 N–H and O–H groups in total. The predicted octanol–water partition coefficient (Wildman–Crippen LogP) is 2.06. The first kappa shape index (κ1) is 8.55. The molecule has 1 aromatic heterocycles. The number of nitrogen functional groups attached to an aromatic ring is 1. The molecular weight excluding hydrogens is 277 g/mol. The predicted molar refractivity (Wildman–Crippen MR) is 60.7 cm³/mol. The van der Waals surface area contributed by atoms with Gasteiger partial charge in [-0.1, -0.05) is 12.1 Å². The Balaban J connectivity index is 2.52. The molecule has 0 spiro atoms. The largest absolute Gasteiger partial charge is 0.382 e. The number of nitrogens with two attached hydrogens (primary N) is 1. The fourth-order valence-corrected chi connectivity index (χ4v) is 1.74. The summed E-state index contributed by atoms with van der Waals surface area (Å²) in [4.78, 5) is 0. The lowest BCUT2D eigenvalue weighted by molar-refractivity contribution is 0.881. The first-order valence-corrected chi connectivity index (χ1v) is 4.91. The van der Waals surface area contributed by atoms with E-state index in [1.54, 1.807) is 10.7 Å². The highest BCUT2D eigenvalue weighted by atomic mass is 127. The second kappa shape index (κ2) is 3.37. The number of para-hydroxylation sites is 1. The SMILES string of the molecule is Nc1ccn(-c2ccccc2I)n1. The van der Waals surface area contributed by atoms with E-state index in [1.807, 2.05) is 30.5 Å². The van der Waals surface area contributed by atoms with Crippen molar-refractivity contribution < 1.29 is 0 Å². The first-order valence-electron chi connectivity index (χ1n) is 3.83. The third-order valence-corrected chi connectivity index (χ3v) is 2.62. The van der Waals surface area contributed by atoms with Gasteiger partial charge in [-0.3, -0.25) is 0 Å². The molecule has 0 saturated carbocycles. The molecule has 0 saturated heterocycles. The minimum Gasteiger partial charge on any atom is -0.382 e. The van der Waals surface area contributed by atoms with E-state index < -0.39 is 0 Å². The summed E-state index contributed by atoms with van der Waals surface area (Å²) in [5.41, 5.74) is 6.59. The van der Waals surface area contributed by atoms with E-state index in [4.69, 9.17) is 5.73 Å². The third kappa shape index (κ3) is 1.67. The van der Waals surface area contributed by atoms with E-state index in [1.165, 1.54) is 0 Å². The summed E-state index contributed by atoms with van der Waals surface area (Å²) < 4.78 is 2.93. The Morgan fingerprint density at radius 2 is 2.00 bits per heavy atom. The molecular formula is C9H8IN3. The third-order valence-electron chi connectivity index (χ3n) is 1.71. The number of anilines is 1. The van der Waals surface area contributed by atoms with Gasteiger partial charge in [0.05, 0.1) is 5.69 Å². The van der Waals surface area contributed by atoms with Crippen molar-refractivity contribution in [3.8, 4) is 5.69 Å². The van der Waals surface area contributed by atoms with Crippen LogP contribution in [0.25, 0.3) is 5.69 Å². The van der Waals surface area contributed by atoms with Crippen molar-refractivity contribution in [1.29, 1.82) is 0 Å². The highest BCUT2D eigenvalue weighted by Crippen LogP contribution is 2.16. The molecule has 2 aromatic rings. The molecule has 0 aliphatic rings. The average molecular weight is 285 g/mol. The van der Waals surface area contributed by atoms with Crippen molar-refractivity contribution in [2.24, 2.45) is 0 Å². The summed E-state index contributed by atoms with van der Waals surface area (Å²) in [6.45, 7) is 0. The van der Waals surface area contributed by atoms with E-state index in [0.717, 1.165) is 9.26 Å². The zero-order valence-electron chi connectivity index (χ0n) is 6.81. The number of hydrogen-bond acceptors (Lipinski definition) is 2. The average Bonchev–Trinajstić information content (AvgIpc) is 2.53. The second-order valence-electron chi connectivity index (χ2n) is 2.64. The summed E-state index contributed by atoms with van der Waals surface area (Å²) in [5, 5.41) is 4.13. The number of benzene rings is 1. The fraction of sp³-hybridized carbons (Fsp3) is 0. The van der Waals surface area contributed by atoms with Crippen LogP contribution in [0, 0.1) is 3.57 Å². The zero-order valence-corrected chi connectivity index (χ0v) is 8.97. The van der Waals surface area contributed by atoms with Crippen molar-refractivity contribution in [2.75, 3.05) is 5.73 Å². The quantitative estimate of drug-likeness (QED) is 0.815. The normalized spacial score (nSPS) is 10.2. The molecule has 0 aliphatic heterocycles. The molecule has 0 atom stereocenters. The van der Waals surface area contributed by atoms with Crippen molar-refractivity contribution in [2.45, 2.75) is 0 Å². The molecule has 0 aliphatic carbocycles. The first-order chi connectivity index (χ1) is 6.27. The van der Waals surface area contributed by atoms with Crippen LogP contribution in [0.5, 0.6) is 0 Å². The van der Waals surface area contributed by atoms with Crippen LogP contribution in [-0.4, -0.2) is 9.78 Å². The molecule has 0 unspecified atom stereocenters. The summed E-state index contributed by atoms with van der Waals surface area (Å²) in [7, 11) is 0. The Morgan fingerprint density at radius 1 is 1.23 bits per heavy atom. The maximum absolute atomic E-state index is 5.53. The molecule has 0 fully saturated rings. The van der Waals surface area contributed by atoms with Gasteiger partial charge in [0.2, 0.25) is 0 Å². The van der Waals surface area contributed by atoms with Crippen LogP contribution in [0.15, 0.2) is 36.5 Å². The van der Waals surface area contributed by atoms with Crippen LogP contribution in [0.1, 0.15) is 0 Å². The van der Waals surface area contributed by atoms with Gasteiger partial charge in [0.15, 0.2) is 0 Å². The molecule has 13 heavy (non-hydrogen) atoms. The summed E-state index contributed by atoms with van der Waals surface area (Å²) in [6, 6.07) is 9.80. The Kier molecular flexibility index (Phi) is 2.22. The minimum atomic E-state index is 0.541. The molecule has 0 bridgehead atoms. The van der Waals surface area contributed by atoms with Crippen molar-refractivity contribution in [3.05, 3.63) is 40.1 Å². The minimum absolute atomic E-state index is 0.541. The summed E-state index contributed by atoms with van der Waals surface area (Å²) in [6.07, 6.45) is 1.85. The van der Waals surface area contributed by atoms with Crippen molar-refractivity contribution >= 4 is 28.4 Å². The Bertz CT molecular complexity index is 422. The number of nitrogens with zero attached hydrogens (tertiary/aromatic N) is 2. The summed E-state index contributed by atoms with van der Waals surface area (Å²) in [5.74, 6) is 0.541. The van der Waals surface area contributed by atoms with Crippen LogP contribution in [0.2, 0.25) is 0 Å². The van der Waals surface area contributed by atoms with Gasteiger partial charge in [-0.15, -0.1) is 0 Å². The van der Waals surface area contributed by atoms with Gasteiger partial charge in [0.25, 0.3) is 0 Å². The number of rotatable bonds is 1. The number of aromatic nitrogens is 2. The lowest BCUT2D eigenvalue weighted by Gasteiger charge is -2.02. The molecule has 66 valence electrons. The smallest absolute Gasteiger partial charge is 0.145 e. The zero-order chi connectivity index (χ0) is 9.26. The van der Waals surface area contributed by atoms with Crippen LogP contribution in [0.3, 0.4) is 0 Å². The van der Waals surface area contributed by atoms with Gasteiger partial charge >= 0.3 is 0 Å². The highest BCUT2D eigenvalue weighted by molar-refractivity contribution is 14.1. The Morgan fingerprint density at radius 3 is 2.62 bits per heavy atom. The van der Waals surface area contributed by atoms with Gasteiger partial charge in [-0.25, -0.2) is 4.68 Å². The molecule has 1 heterocycles. The van der Waals surface area contributed by atoms with Crippen molar-refractivity contribution in [1.82, 2.24) is 9.78 Å². The van der Waals surface area contributed by atoms with E-state index >= 15 is 0 Å². The van der Waals surface area contributed by atoms with Crippen molar-refractivity contribution in [3.63, 3.8) is 0 Å². The van der Waals surface area contributed by atoms with E-state index in [2.05, 4.69) is 27.7 Å². The lowest BCUT2D eigenvalue weighted by atomic mass is 10.3. The van der Waals surface area contributed by atoms with Crippen LogP contribution < -0.4 is 5.73 Å². The van der Waals surface area contributed by atoms with E-state index in [9.17, 15) is 0 Å². The maximum Gasteiger partial charge on any atom is 0.145 e. The van der Waals surface area contributed by atoms with Gasteiger partial charge < -0.3 is 5.73 Å². The van der Waals surface area contributed by atoms with Gasteiger partial charge in [-0.05, 0) is 34.7 Å². The Hall–Kier alpha value is -1.04. The topological polar surface area (TPSA) is 43.8 Å². The standard InChI is InChI=1S/C9H8IN3/c10-7-3-1-2-4-8(7)13-6-5-9(11)12-13/h1-6H,(H2,11,12). The maximum atomic E-state index is 5.53. The molecule has 0 radical (unpaired) electrons. The van der Waals surface area contributed by atoms with Gasteiger partial charge in [0, 0.05) is 15.8 Å². The van der Waals surface area contributed by atoms with Gasteiger partial charge in [-0.2, -0.15) is 5.10 Å². The molecule has 1 aromatic carbocycles. The lowest BCUT2D eigenvalue weighted by Crippen LogP contribution is -1.98. The highest BCUT2D eigenvalue weighted by Gasteiger charge is 2.01. The van der Waals surface area contributed by atoms with Crippen LogP contribution >= 0.6 is 22.6 Å². The van der Waals surface area contributed by atoms with Crippen LogP contribution in [-0.2, 0) is 0 Å². The van der Waals surface area contributed by atoms with Crippen LogP contribution in [0.4, 0.5) is 5.82 Å². The molecule has 4 heteroatoms. The second-order valence-corrected chi connectivity index (χ2v) is 3.80. The summed E-state index contributed by atoms with van der Waals surface area (Å²) >= 11 is 2.27. The van der Waals surface area contributed by atoms with E-state index in [-0.39, 0.29) is 0 Å². The molecule has 3 nitrogen and oxygen atoms in total.